The van der Waals surface area contributed by atoms with Crippen LogP contribution in [0.2, 0.25) is 0 Å². The van der Waals surface area contributed by atoms with Gasteiger partial charge in [0.2, 0.25) is 0 Å². The first-order valence-electron chi connectivity index (χ1n) is 10.7. The second-order valence-electron chi connectivity index (χ2n) is 7.21. The summed E-state index contributed by atoms with van der Waals surface area (Å²) in [6.45, 7) is 2.18. The van der Waals surface area contributed by atoms with Gasteiger partial charge in [-0.05, 0) is 35.0 Å². The Morgan fingerprint density at radius 3 is 1.88 bits per heavy atom. The molecular weight excluding hydrogens is 581 g/mol. The van der Waals surface area contributed by atoms with Crippen LogP contribution in [0.3, 0.4) is 0 Å². The molecule has 0 saturated heterocycles. The number of aromatic nitrogens is 2. The Kier molecular flexibility index (Phi) is 9.26. The molecular formula is C30H24IrN2-2. The van der Waals surface area contributed by atoms with Crippen LogP contribution < -0.4 is 0 Å². The van der Waals surface area contributed by atoms with Crippen molar-refractivity contribution in [2.45, 2.75) is 13.3 Å². The third-order valence-electron chi connectivity index (χ3n) is 5.09. The van der Waals surface area contributed by atoms with Gasteiger partial charge in [-0.2, -0.15) is 0 Å². The molecule has 3 heteroatoms. The van der Waals surface area contributed by atoms with E-state index in [0.717, 1.165) is 28.9 Å². The summed E-state index contributed by atoms with van der Waals surface area (Å²) in [7, 11) is 0. The van der Waals surface area contributed by atoms with Crippen LogP contribution in [-0.4, -0.2) is 9.97 Å². The molecule has 0 spiro atoms. The van der Waals surface area contributed by atoms with Crippen molar-refractivity contribution in [3.05, 3.63) is 133 Å². The number of pyridine rings is 2. The normalized spacial score (nSPS) is 9.85. The van der Waals surface area contributed by atoms with Crippen molar-refractivity contribution in [3.63, 3.8) is 0 Å². The van der Waals surface area contributed by atoms with Crippen molar-refractivity contribution in [3.8, 4) is 33.6 Å². The summed E-state index contributed by atoms with van der Waals surface area (Å²) < 4.78 is 0. The standard InChI is InChI=1S/C19H16N.C11H8N.Ir/c1-2-15-13-19(17-11-7-4-8-12-17)20-14-18(15)16-9-5-3-6-10-16;1-2-6-10(7-3-1)11-8-4-5-9-12-11;/h3-11,13-14H,2H2,1H3;1-6,8-9H;/q2*-1;. The molecule has 5 aromatic rings. The van der Waals surface area contributed by atoms with Crippen LogP contribution in [0.1, 0.15) is 12.5 Å². The first-order chi connectivity index (χ1) is 15.8. The van der Waals surface area contributed by atoms with Crippen molar-refractivity contribution in [2.75, 3.05) is 0 Å². The summed E-state index contributed by atoms with van der Waals surface area (Å²) in [4.78, 5) is 8.82. The van der Waals surface area contributed by atoms with Gasteiger partial charge in [0.05, 0.1) is 0 Å². The van der Waals surface area contributed by atoms with Gasteiger partial charge in [0.25, 0.3) is 0 Å². The minimum absolute atomic E-state index is 0. The summed E-state index contributed by atoms with van der Waals surface area (Å²) in [5.41, 5.74) is 7.80. The minimum atomic E-state index is 0. The maximum Gasteiger partial charge on any atom is 0.0242 e. The summed E-state index contributed by atoms with van der Waals surface area (Å²) >= 11 is 0. The average molecular weight is 605 g/mol. The van der Waals surface area contributed by atoms with Crippen molar-refractivity contribution >= 4 is 0 Å². The smallest absolute Gasteiger partial charge is 0.0242 e. The van der Waals surface area contributed by atoms with E-state index >= 15 is 0 Å². The number of aryl methyl sites for hydroxylation is 1. The van der Waals surface area contributed by atoms with E-state index in [1.807, 2.05) is 79.0 Å². The molecule has 0 bridgehead atoms. The molecule has 0 amide bonds. The van der Waals surface area contributed by atoms with Crippen LogP contribution in [0.5, 0.6) is 0 Å². The van der Waals surface area contributed by atoms with Crippen molar-refractivity contribution in [2.24, 2.45) is 0 Å². The van der Waals surface area contributed by atoms with Crippen molar-refractivity contribution < 1.29 is 20.1 Å². The van der Waals surface area contributed by atoms with Crippen LogP contribution in [0.25, 0.3) is 33.6 Å². The van der Waals surface area contributed by atoms with Gasteiger partial charge in [0, 0.05) is 38.1 Å². The molecule has 2 heterocycles. The van der Waals surface area contributed by atoms with E-state index in [4.69, 9.17) is 0 Å². The SMILES string of the molecule is CCc1cc(-c2[c-]cccc2)ncc1-c1ccccc1.[Ir].[c-]1ccccc1-c1ccccn1. The Labute approximate surface area is 209 Å². The fourth-order valence-electron chi connectivity index (χ4n) is 3.44. The van der Waals surface area contributed by atoms with Crippen LogP contribution in [-0.2, 0) is 26.5 Å². The average Bonchev–Trinajstić information content (AvgIpc) is 2.91. The largest absolute Gasteiger partial charge is 0.305 e. The molecule has 0 N–H and O–H groups in total. The zero-order chi connectivity index (χ0) is 22.0. The van der Waals surface area contributed by atoms with Gasteiger partial charge in [0.1, 0.15) is 0 Å². The number of rotatable bonds is 4. The molecule has 0 aliphatic carbocycles. The molecule has 2 nitrogen and oxygen atoms in total. The van der Waals surface area contributed by atoms with E-state index in [0.29, 0.717) is 0 Å². The van der Waals surface area contributed by atoms with Crippen molar-refractivity contribution in [1.29, 1.82) is 0 Å². The van der Waals surface area contributed by atoms with Crippen LogP contribution >= 0.6 is 0 Å². The number of benzene rings is 3. The molecule has 0 atom stereocenters. The first kappa shape index (κ1) is 24.3. The molecule has 0 saturated carbocycles. The van der Waals surface area contributed by atoms with Gasteiger partial charge in [-0.3, -0.25) is 0 Å². The van der Waals surface area contributed by atoms with E-state index in [-0.39, 0.29) is 20.1 Å². The fraction of sp³-hybridized carbons (Fsp3) is 0.0667. The van der Waals surface area contributed by atoms with E-state index in [9.17, 15) is 0 Å². The third kappa shape index (κ3) is 6.55. The Bertz CT molecular complexity index is 1190. The van der Waals surface area contributed by atoms with Gasteiger partial charge < -0.3 is 9.97 Å². The Morgan fingerprint density at radius 1 is 0.667 bits per heavy atom. The number of hydrogen-bond acceptors (Lipinski definition) is 2. The zero-order valence-electron chi connectivity index (χ0n) is 18.4. The summed E-state index contributed by atoms with van der Waals surface area (Å²) in [5, 5.41) is 0. The third-order valence-corrected chi connectivity index (χ3v) is 5.09. The van der Waals surface area contributed by atoms with E-state index in [1.165, 1.54) is 16.7 Å². The molecule has 1 radical (unpaired) electrons. The Morgan fingerprint density at radius 2 is 1.30 bits per heavy atom. The van der Waals surface area contributed by atoms with Gasteiger partial charge in [-0.15, -0.1) is 71.8 Å². The molecule has 2 aromatic heterocycles. The zero-order valence-corrected chi connectivity index (χ0v) is 20.8. The topological polar surface area (TPSA) is 25.8 Å². The predicted molar refractivity (Wildman–Crippen MR) is 132 cm³/mol. The summed E-state index contributed by atoms with van der Waals surface area (Å²) in [5.74, 6) is 0. The predicted octanol–water partition coefficient (Wildman–Crippen LogP) is 7.32. The summed E-state index contributed by atoms with van der Waals surface area (Å²) in [6.07, 6.45) is 4.76. The van der Waals surface area contributed by atoms with E-state index < -0.39 is 0 Å². The minimum Gasteiger partial charge on any atom is -0.305 e. The fourth-order valence-corrected chi connectivity index (χ4v) is 3.44. The van der Waals surface area contributed by atoms with Gasteiger partial charge >= 0.3 is 0 Å². The van der Waals surface area contributed by atoms with Crippen LogP contribution in [0, 0.1) is 12.1 Å². The molecule has 3 aromatic carbocycles. The molecule has 0 unspecified atom stereocenters. The second kappa shape index (κ2) is 12.6. The number of hydrogen-bond donors (Lipinski definition) is 0. The monoisotopic (exact) mass is 605 g/mol. The first-order valence-corrected chi connectivity index (χ1v) is 10.7. The molecule has 5 rings (SSSR count). The maximum absolute atomic E-state index is 4.60. The van der Waals surface area contributed by atoms with E-state index in [1.54, 1.807) is 6.20 Å². The molecule has 0 aliphatic heterocycles. The number of nitrogens with zero attached hydrogens (tertiary/aromatic N) is 2. The molecule has 0 fully saturated rings. The van der Waals surface area contributed by atoms with Crippen molar-refractivity contribution in [1.82, 2.24) is 9.97 Å². The Hall–Kier alpha value is -3.39. The molecule has 165 valence electrons. The van der Waals surface area contributed by atoms with Gasteiger partial charge in [0.15, 0.2) is 0 Å². The Balaban J connectivity index is 0.000000202. The van der Waals surface area contributed by atoms with E-state index in [2.05, 4.69) is 59.4 Å². The quantitative estimate of drug-likeness (QED) is 0.201. The van der Waals surface area contributed by atoms with Crippen LogP contribution in [0.15, 0.2) is 116 Å². The maximum atomic E-state index is 4.60. The summed E-state index contributed by atoms with van der Waals surface area (Å²) in [6, 6.07) is 40.6. The van der Waals surface area contributed by atoms with Crippen LogP contribution in [0.4, 0.5) is 0 Å². The van der Waals surface area contributed by atoms with Gasteiger partial charge in [-0.25, -0.2) is 0 Å². The molecule has 0 aliphatic rings. The molecule has 33 heavy (non-hydrogen) atoms. The second-order valence-corrected chi connectivity index (χ2v) is 7.21. The van der Waals surface area contributed by atoms with Gasteiger partial charge in [-0.1, -0.05) is 55.5 Å².